The number of nitrogens with zero attached hydrogens (tertiary/aromatic N) is 3. The molecule has 0 N–H and O–H groups in total. The second kappa shape index (κ2) is 9.06. The molecule has 2 unspecified atom stereocenters. The monoisotopic (exact) mass is 393 g/mol. The number of unbranched alkanes of at least 4 members (excludes halogenated alkanes) is 1. The van der Waals surface area contributed by atoms with E-state index in [1.165, 1.54) is 6.07 Å². The Morgan fingerprint density at radius 1 is 1.44 bits per heavy atom. The summed E-state index contributed by atoms with van der Waals surface area (Å²) in [5.74, 6) is 0.936. The molecule has 2 atom stereocenters. The quantitative estimate of drug-likeness (QED) is 0.464. The van der Waals surface area contributed by atoms with Crippen LogP contribution >= 0.6 is 11.8 Å². The molecule has 0 bridgehead atoms. The van der Waals surface area contributed by atoms with E-state index in [1.54, 1.807) is 23.9 Å². The fourth-order valence-electron chi connectivity index (χ4n) is 3.17. The summed E-state index contributed by atoms with van der Waals surface area (Å²) in [6.07, 6.45) is 2.31. The number of hydrogen-bond donors (Lipinski definition) is 0. The lowest BCUT2D eigenvalue weighted by molar-refractivity contribution is -0.384. The third-order valence-corrected chi connectivity index (χ3v) is 5.56. The Bertz CT molecular complexity index is 700. The SMILES string of the molecule is CCCCN1C(=Nc2ccc([N+](=O)[O-])cc2C)SCC1C(C)OC(C)(C)C. The minimum Gasteiger partial charge on any atom is -0.371 e. The molecule has 0 radical (unpaired) electrons. The molecule has 0 aliphatic carbocycles. The Morgan fingerprint density at radius 3 is 2.70 bits per heavy atom. The number of non-ortho nitro benzene ring substituents is 1. The van der Waals surface area contributed by atoms with Gasteiger partial charge in [0.15, 0.2) is 5.17 Å². The number of nitro benzene ring substituents is 1. The van der Waals surface area contributed by atoms with Crippen LogP contribution in [0.15, 0.2) is 23.2 Å². The summed E-state index contributed by atoms with van der Waals surface area (Å²) in [4.78, 5) is 17.8. The number of ether oxygens (including phenoxy) is 1. The lowest BCUT2D eigenvalue weighted by Crippen LogP contribution is -2.45. The third kappa shape index (κ3) is 5.94. The average Bonchev–Trinajstić information content (AvgIpc) is 2.95. The van der Waals surface area contributed by atoms with Gasteiger partial charge in [-0.25, -0.2) is 4.99 Å². The second-order valence-electron chi connectivity index (χ2n) is 7.98. The molecule has 1 fully saturated rings. The van der Waals surface area contributed by atoms with Crippen molar-refractivity contribution in [3.8, 4) is 0 Å². The van der Waals surface area contributed by atoms with Gasteiger partial charge in [-0.1, -0.05) is 25.1 Å². The highest BCUT2D eigenvalue weighted by Crippen LogP contribution is 2.33. The molecule has 1 aliphatic heterocycles. The van der Waals surface area contributed by atoms with Crippen LogP contribution in [0.1, 0.15) is 53.0 Å². The molecule has 27 heavy (non-hydrogen) atoms. The van der Waals surface area contributed by atoms with E-state index in [9.17, 15) is 10.1 Å². The Kier molecular flexibility index (Phi) is 7.28. The van der Waals surface area contributed by atoms with Crippen LogP contribution in [0.5, 0.6) is 0 Å². The predicted octanol–water partition coefficient (Wildman–Crippen LogP) is 5.31. The van der Waals surface area contributed by atoms with Crippen molar-refractivity contribution in [2.24, 2.45) is 4.99 Å². The van der Waals surface area contributed by atoms with Crippen LogP contribution in [0.25, 0.3) is 0 Å². The third-order valence-electron chi connectivity index (χ3n) is 4.47. The standard InChI is InChI=1S/C20H31N3O3S/c1-7-8-11-22-18(15(3)26-20(4,5)6)13-27-19(22)21-17-10-9-16(23(24)25)12-14(17)2/h9-10,12,15,18H,7-8,11,13H2,1-6H3. The second-order valence-corrected chi connectivity index (χ2v) is 8.97. The average molecular weight is 394 g/mol. The minimum absolute atomic E-state index is 0.0972. The van der Waals surface area contributed by atoms with Crippen LogP contribution in [-0.2, 0) is 4.74 Å². The maximum Gasteiger partial charge on any atom is 0.269 e. The number of amidine groups is 1. The Labute approximate surface area is 166 Å². The van der Waals surface area contributed by atoms with Crippen molar-refractivity contribution < 1.29 is 9.66 Å². The van der Waals surface area contributed by atoms with Crippen LogP contribution in [0.3, 0.4) is 0 Å². The van der Waals surface area contributed by atoms with Gasteiger partial charge >= 0.3 is 0 Å². The number of rotatable bonds is 7. The number of benzene rings is 1. The summed E-state index contributed by atoms with van der Waals surface area (Å²) < 4.78 is 6.21. The van der Waals surface area contributed by atoms with Gasteiger partial charge in [0.05, 0.1) is 28.4 Å². The van der Waals surface area contributed by atoms with Crippen LogP contribution < -0.4 is 0 Å². The fourth-order valence-corrected chi connectivity index (χ4v) is 4.49. The molecule has 0 aromatic heterocycles. The van der Waals surface area contributed by atoms with Gasteiger partial charge in [0.25, 0.3) is 5.69 Å². The summed E-state index contributed by atoms with van der Waals surface area (Å²) in [6.45, 7) is 13.4. The summed E-state index contributed by atoms with van der Waals surface area (Å²) in [6, 6.07) is 5.11. The van der Waals surface area contributed by atoms with Crippen LogP contribution in [0, 0.1) is 17.0 Å². The molecular formula is C20H31N3O3S. The first-order valence-electron chi connectivity index (χ1n) is 9.53. The topological polar surface area (TPSA) is 68.0 Å². The molecule has 6 nitrogen and oxygen atoms in total. The number of hydrogen-bond acceptors (Lipinski definition) is 5. The van der Waals surface area contributed by atoms with E-state index in [-0.39, 0.29) is 28.4 Å². The Morgan fingerprint density at radius 2 is 2.15 bits per heavy atom. The summed E-state index contributed by atoms with van der Waals surface area (Å²) in [5, 5.41) is 11.9. The predicted molar refractivity (Wildman–Crippen MR) is 113 cm³/mol. The van der Waals surface area contributed by atoms with Gasteiger partial charge in [-0.2, -0.15) is 0 Å². The Hall–Kier alpha value is -1.60. The highest BCUT2D eigenvalue weighted by molar-refractivity contribution is 8.14. The number of aliphatic imine (C=N–C) groups is 1. The largest absolute Gasteiger partial charge is 0.371 e. The van der Waals surface area contributed by atoms with Gasteiger partial charge in [-0.05, 0) is 52.7 Å². The zero-order valence-electron chi connectivity index (χ0n) is 17.2. The molecule has 0 amide bonds. The normalized spacial score (nSPS) is 20.3. The van der Waals surface area contributed by atoms with Gasteiger partial charge in [0.2, 0.25) is 0 Å². The van der Waals surface area contributed by atoms with Crippen LogP contribution in [0.4, 0.5) is 11.4 Å². The molecule has 0 saturated carbocycles. The number of thioether (sulfide) groups is 1. The van der Waals surface area contributed by atoms with Crippen molar-refractivity contribution >= 4 is 28.3 Å². The summed E-state index contributed by atoms with van der Waals surface area (Å²) in [7, 11) is 0. The summed E-state index contributed by atoms with van der Waals surface area (Å²) in [5.41, 5.74) is 1.52. The van der Waals surface area contributed by atoms with Crippen molar-refractivity contribution in [2.45, 2.75) is 72.1 Å². The van der Waals surface area contributed by atoms with Crippen LogP contribution in [0.2, 0.25) is 0 Å². The zero-order valence-corrected chi connectivity index (χ0v) is 18.0. The van der Waals surface area contributed by atoms with Crippen molar-refractivity contribution in [2.75, 3.05) is 12.3 Å². The molecule has 150 valence electrons. The molecule has 1 saturated heterocycles. The highest BCUT2D eigenvalue weighted by Gasteiger charge is 2.35. The van der Waals surface area contributed by atoms with Crippen molar-refractivity contribution in [1.82, 2.24) is 4.90 Å². The van der Waals surface area contributed by atoms with E-state index in [2.05, 4.69) is 39.5 Å². The first-order valence-corrected chi connectivity index (χ1v) is 10.5. The van der Waals surface area contributed by atoms with Gasteiger partial charge in [-0.3, -0.25) is 10.1 Å². The number of aryl methyl sites for hydroxylation is 1. The van der Waals surface area contributed by atoms with E-state index >= 15 is 0 Å². The molecule has 1 aromatic carbocycles. The van der Waals surface area contributed by atoms with Crippen molar-refractivity contribution in [3.63, 3.8) is 0 Å². The fraction of sp³-hybridized carbons (Fsp3) is 0.650. The molecule has 2 rings (SSSR count). The van der Waals surface area contributed by atoms with E-state index in [4.69, 9.17) is 9.73 Å². The minimum atomic E-state index is -0.372. The first-order chi connectivity index (χ1) is 12.6. The molecule has 1 heterocycles. The maximum atomic E-state index is 11.0. The zero-order chi connectivity index (χ0) is 20.2. The highest BCUT2D eigenvalue weighted by atomic mass is 32.2. The van der Waals surface area contributed by atoms with E-state index in [1.807, 2.05) is 6.92 Å². The summed E-state index contributed by atoms with van der Waals surface area (Å²) >= 11 is 1.74. The van der Waals surface area contributed by atoms with Gasteiger partial charge in [0.1, 0.15) is 0 Å². The number of nitro groups is 1. The van der Waals surface area contributed by atoms with Crippen LogP contribution in [-0.4, -0.2) is 45.0 Å². The van der Waals surface area contributed by atoms with E-state index in [0.29, 0.717) is 0 Å². The Balaban J connectivity index is 2.26. The molecular weight excluding hydrogens is 362 g/mol. The lowest BCUT2D eigenvalue weighted by atomic mass is 10.1. The molecule has 7 heteroatoms. The smallest absolute Gasteiger partial charge is 0.269 e. The maximum absolute atomic E-state index is 11.0. The lowest BCUT2D eigenvalue weighted by Gasteiger charge is -2.34. The van der Waals surface area contributed by atoms with E-state index < -0.39 is 0 Å². The molecule has 0 spiro atoms. The first kappa shape index (κ1) is 21.7. The van der Waals surface area contributed by atoms with Crippen molar-refractivity contribution in [3.05, 3.63) is 33.9 Å². The van der Waals surface area contributed by atoms with Gasteiger partial charge < -0.3 is 9.64 Å². The van der Waals surface area contributed by atoms with Crippen molar-refractivity contribution in [1.29, 1.82) is 0 Å². The van der Waals surface area contributed by atoms with Gasteiger partial charge in [0, 0.05) is 24.4 Å². The molecule has 1 aliphatic rings. The van der Waals surface area contributed by atoms with E-state index in [0.717, 1.165) is 41.6 Å². The van der Waals surface area contributed by atoms with Gasteiger partial charge in [-0.15, -0.1) is 0 Å². The molecule has 1 aromatic rings.